The van der Waals surface area contributed by atoms with Gasteiger partial charge in [0, 0.05) is 24.7 Å². The smallest absolute Gasteiger partial charge is 0.249 e. The van der Waals surface area contributed by atoms with Crippen LogP contribution in [-0.2, 0) is 7.05 Å². The molecule has 12 heavy (non-hydrogen) atoms. The topological polar surface area (TPSA) is 50.7 Å². The number of aromatic nitrogens is 3. The molecule has 0 atom stereocenters. The molecule has 0 fully saturated rings. The van der Waals surface area contributed by atoms with E-state index in [1.807, 2.05) is 20.2 Å². The molecule has 2 aromatic rings. The molecule has 0 saturated carbocycles. The SMILES string of the molecule is Cc1cc(=O)[nH]c2nn(C)cc12. The van der Waals surface area contributed by atoms with E-state index in [4.69, 9.17) is 0 Å². The van der Waals surface area contributed by atoms with E-state index >= 15 is 0 Å². The Hall–Kier alpha value is -1.58. The second kappa shape index (κ2) is 2.20. The summed E-state index contributed by atoms with van der Waals surface area (Å²) in [4.78, 5) is 13.7. The first-order valence-electron chi connectivity index (χ1n) is 3.70. The number of H-pyrrole nitrogens is 1. The number of rotatable bonds is 0. The van der Waals surface area contributed by atoms with Crippen LogP contribution in [0.25, 0.3) is 11.0 Å². The van der Waals surface area contributed by atoms with Crippen LogP contribution in [0.5, 0.6) is 0 Å². The molecule has 62 valence electrons. The molecule has 4 nitrogen and oxygen atoms in total. The summed E-state index contributed by atoms with van der Waals surface area (Å²) in [6.07, 6.45) is 1.89. The second-order valence-corrected chi connectivity index (χ2v) is 2.88. The minimum atomic E-state index is -0.0984. The van der Waals surface area contributed by atoms with Gasteiger partial charge in [-0.1, -0.05) is 0 Å². The van der Waals surface area contributed by atoms with Crippen LogP contribution < -0.4 is 5.56 Å². The molecular weight excluding hydrogens is 154 g/mol. The van der Waals surface area contributed by atoms with E-state index in [0.717, 1.165) is 10.9 Å². The van der Waals surface area contributed by atoms with Gasteiger partial charge >= 0.3 is 0 Å². The summed E-state index contributed by atoms with van der Waals surface area (Å²) in [6.45, 7) is 1.90. The molecule has 0 aliphatic rings. The van der Waals surface area contributed by atoms with Crippen molar-refractivity contribution in [2.45, 2.75) is 6.92 Å². The fraction of sp³-hybridized carbons (Fsp3) is 0.250. The lowest BCUT2D eigenvalue weighted by molar-refractivity contribution is 0.775. The summed E-state index contributed by atoms with van der Waals surface area (Å²) < 4.78 is 1.69. The van der Waals surface area contributed by atoms with Crippen LogP contribution in [0, 0.1) is 6.92 Å². The predicted molar refractivity (Wildman–Crippen MR) is 46.1 cm³/mol. The molecule has 0 saturated heterocycles. The van der Waals surface area contributed by atoms with Crippen LogP contribution in [0.3, 0.4) is 0 Å². The van der Waals surface area contributed by atoms with Crippen molar-refractivity contribution in [2.75, 3.05) is 0 Å². The van der Waals surface area contributed by atoms with Crippen LogP contribution in [0.4, 0.5) is 0 Å². The first-order valence-corrected chi connectivity index (χ1v) is 3.70. The van der Waals surface area contributed by atoms with E-state index in [9.17, 15) is 4.79 Å². The number of hydrogen-bond acceptors (Lipinski definition) is 2. The standard InChI is InChI=1S/C8H9N3O/c1-5-3-7(12)9-8-6(5)4-11(2)10-8/h3-4H,1-2H3,(H,9,10,12). The maximum Gasteiger partial charge on any atom is 0.249 e. The summed E-state index contributed by atoms with van der Waals surface area (Å²) in [7, 11) is 1.83. The molecule has 2 rings (SSSR count). The number of nitrogens with one attached hydrogen (secondary N) is 1. The zero-order chi connectivity index (χ0) is 8.72. The van der Waals surface area contributed by atoms with Crippen molar-refractivity contribution in [3.8, 4) is 0 Å². The van der Waals surface area contributed by atoms with Gasteiger partial charge in [-0.25, -0.2) is 0 Å². The van der Waals surface area contributed by atoms with Gasteiger partial charge < -0.3 is 4.98 Å². The predicted octanol–water partition coefficient (Wildman–Crippen LogP) is 0.570. The minimum absolute atomic E-state index is 0.0984. The summed E-state index contributed by atoms with van der Waals surface area (Å²) in [5.74, 6) is 0. The lowest BCUT2D eigenvalue weighted by Crippen LogP contribution is -2.04. The zero-order valence-corrected chi connectivity index (χ0v) is 6.96. The highest BCUT2D eigenvalue weighted by Gasteiger charge is 2.01. The van der Waals surface area contributed by atoms with Crippen LogP contribution in [0.1, 0.15) is 5.56 Å². The highest BCUT2D eigenvalue weighted by Crippen LogP contribution is 2.10. The van der Waals surface area contributed by atoms with E-state index in [2.05, 4.69) is 10.1 Å². The minimum Gasteiger partial charge on any atom is -0.305 e. The van der Waals surface area contributed by atoms with E-state index in [1.165, 1.54) is 0 Å². The van der Waals surface area contributed by atoms with Gasteiger partial charge in [-0.3, -0.25) is 9.48 Å². The number of nitrogens with zero attached hydrogens (tertiary/aromatic N) is 2. The first-order chi connectivity index (χ1) is 5.66. The molecule has 0 aliphatic heterocycles. The third-order valence-electron chi connectivity index (χ3n) is 1.84. The normalized spacial score (nSPS) is 10.8. The fourth-order valence-electron chi connectivity index (χ4n) is 1.30. The average molecular weight is 163 g/mol. The Balaban J connectivity index is 2.97. The molecule has 2 heterocycles. The Labute approximate surface area is 68.8 Å². The van der Waals surface area contributed by atoms with Crippen molar-refractivity contribution in [3.05, 3.63) is 28.2 Å². The first kappa shape index (κ1) is 7.09. The fourth-order valence-corrected chi connectivity index (χ4v) is 1.30. The third kappa shape index (κ3) is 0.922. The van der Waals surface area contributed by atoms with Crippen LogP contribution in [0.2, 0.25) is 0 Å². The number of aryl methyl sites for hydroxylation is 2. The summed E-state index contributed by atoms with van der Waals surface area (Å²) in [5, 5.41) is 5.09. The Bertz CT molecular complexity index is 480. The third-order valence-corrected chi connectivity index (χ3v) is 1.84. The summed E-state index contributed by atoms with van der Waals surface area (Å²) >= 11 is 0. The van der Waals surface area contributed by atoms with Crippen molar-refractivity contribution in [1.29, 1.82) is 0 Å². The van der Waals surface area contributed by atoms with Crippen LogP contribution in [0.15, 0.2) is 17.1 Å². The monoisotopic (exact) mass is 163 g/mol. The molecule has 4 heteroatoms. The molecule has 0 amide bonds. The average Bonchev–Trinajstić information content (AvgIpc) is 2.29. The maximum atomic E-state index is 11.0. The maximum absolute atomic E-state index is 11.0. The molecule has 2 aromatic heterocycles. The molecule has 1 N–H and O–H groups in total. The van der Waals surface area contributed by atoms with Gasteiger partial charge in [0.25, 0.3) is 0 Å². The molecule has 0 aromatic carbocycles. The molecule has 0 radical (unpaired) electrons. The van der Waals surface area contributed by atoms with E-state index in [0.29, 0.717) is 5.65 Å². The molecule has 0 unspecified atom stereocenters. The van der Waals surface area contributed by atoms with E-state index in [-0.39, 0.29) is 5.56 Å². The number of fused-ring (bicyclic) bond motifs is 1. The lowest BCUT2D eigenvalue weighted by Gasteiger charge is -1.90. The van der Waals surface area contributed by atoms with Crippen molar-refractivity contribution >= 4 is 11.0 Å². The zero-order valence-electron chi connectivity index (χ0n) is 6.96. The van der Waals surface area contributed by atoms with Gasteiger partial charge in [0.1, 0.15) is 0 Å². The van der Waals surface area contributed by atoms with E-state index in [1.54, 1.807) is 10.7 Å². The van der Waals surface area contributed by atoms with E-state index < -0.39 is 0 Å². The van der Waals surface area contributed by atoms with Gasteiger partial charge in [0.05, 0.1) is 0 Å². The Morgan fingerprint density at radius 1 is 1.58 bits per heavy atom. The Morgan fingerprint density at radius 3 is 3.08 bits per heavy atom. The quantitative estimate of drug-likeness (QED) is 0.617. The lowest BCUT2D eigenvalue weighted by atomic mass is 10.2. The largest absolute Gasteiger partial charge is 0.305 e. The van der Waals surface area contributed by atoms with Crippen LogP contribution in [-0.4, -0.2) is 14.8 Å². The van der Waals surface area contributed by atoms with Crippen molar-refractivity contribution in [2.24, 2.45) is 7.05 Å². The number of aromatic amines is 1. The van der Waals surface area contributed by atoms with Crippen molar-refractivity contribution < 1.29 is 0 Å². The second-order valence-electron chi connectivity index (χ2n) is 2.88. The summed E-state index contributed by atoms with van der Waals surface area (Å²) in [6, 6.07) is 1.57. The van der Waals surface area contributed by atoms with Gasteiger partial charge in [-0.2, -0.15) is 5.10 Å². The van der Waals surface area contributed by atoms with Gasteiger partial charge in [-0.15, -0.1) is 0 Å². The highest BCUT2D eigenvalue weighted by atomic mass is 16.1. The molecule has 0 bridgehead atoms. The Kier molecular flexibility index (Phi) is 1.30. The molecular formula is C8H9N3O. The summed E-state index contributed by atoms with van der Waals surface area (Å²) in [5.41, 5.74) is 1.52. The van der Waals surface area contributed by atoms with Gasteiger partial charge in [-0.05, 0) is 12.5 Å². The van der Waals surface area contributed by atoms with Crippen molar-refractivity contribution in [3.63, 3.8) is 0 Å². The molecule has 0 spiro atoms. The highest BCUT2D eigenvalue weighted by molar-refractivity contribution is 5.77. The Morgan fingerprint density at radius 2 is 2.33 bits per heavy atom. The van der Waals surface area contributed by atoms with Gasteiger partial charge in [0.2, 0.25) is 5.56 Å². The van der Waals surface area contributed by atoms with Gasteiger partial charge in [0.15, 0.2) is 5.65 Å². The number of pyridine rings is 1. The van der Waals surface area contributed by atoms with Crippen LogP contribution >= 0.6 is 0 Å². The molecule has 0 aliphatic carbocycles. The van der Waals surface area contributed by atoms with Crippen molar-refractivity contribution in [1.82, 2.24) is 14.8 Å². The number of hydrogen-bond donors (Lipinski definition) is 1.